The molecule has 0 unspecified atom stereocenters. The number of ether oxygens (including phenoxy) is 3. The number of nitrogens with zero attached hydrogens (tertiary/aromatic N) is 1. The zero-order valence-corrected chi connectivity index (χ0v) is 20.1. The van der Waals surface area contributed by atoms with E-state index in [1.54, 1.807) is 24.4 Å². The van der Waals surface area contributed by atoms with E-state index in [1.807, 2.05) is 6.92 Å². The number of benzene rings is 1. The molecule has 2 aliphatic heterocycles. The zero-order valence-electron chi connectivity index (χ0n) is 18.1. The minimum absolute atomic E-state index is 0. The number of carbonyl (C=O) groups excluding carboxylic acids is 2. The van der Waals surface area contributed by atoms with Crippen LogP contribution in [0.2, 0.25) is 0 Å². The quantitative estimate of drug-likeness (QED) is 0.266. The van der Waals surface area contributed by atoms with Crippen molar-refractivity contribution in [2.45, 2.75) is 49.7 Å². The van der Waals surface area contributed by atoms with Gasteiger partial charge in [0.2, 0.25) is 6.29 Å². The van der Waals surface area contributed by atoms with Crippen LogP contribution in [0.25, 0.3) is 10.9 Å². The number of aromatic amines is 1. The molecule has 1 aromatic heterocycles. The van der Waals surface area contributed by atoms with Crippen molar-refractivity contribution in [1.82, 2.24) is 10.3 Å². The van der Waals surface area contributed by atoms with Gasteiger partial charge in [0.15, 0.2) is 6.10 Å². The summed E-state index contributed by atoms with van der Waals surface area (Å²) in [6.07, 6.45) is -7.79. The first-order valence-electron chi connectivity index (χ1n) is 9.83. The van der Waals surface area contributed by atoms with E-state index in [0.29, 0.717) is 5.52 Å². The maximum Gasteiger partial charge on any atom is 1.00 e. The van der Waals surface area contributed by atoms with Gasteiger partial charge in [-0.25, -0.2) is 4.99 Å². The minimum Gasteiger partial charge on any atom is -0.547 e. The van der Waals surface area contributed by atoms with Crippen LogP contribution < -0.4 is 44.7 Å². The first kappa shape index (κ1) is 25.4. The molecule has 3 heterocycles. The van der Waals surface area contributed by atoms with Crippen LogP contribution in [0.3, 0.4) is 0 Å². The molecule has 5 N–H and O–H groups in total. The number of aliphatic imine (C=N–C) groups is 1. The Kier molecular flexibility index (Phi) is 7.69. The monoisotopic (exact) mass is 471 g/mol. The summed E-state index contributed by atoms with van der Waals surface area (Å²) in [4.78, 5) is 30.2. The van der Waals surface area contributed by atoms with Crippen molar-refractivity contribution in [2.24, 2.45) is 4.99 Å². The van der Waals surface area contributed by atoms with E-state index < -0.39 is 42.8 Å². The smallest absolute Gasteiger partial charge is 0.547 e. The normalized spacial score (nSPS) is 31.5. The molecule has 0 spiro atoms. The van der Waals surface area contributed by atoms with Gasteiger partial charge in [-0.05, 0) is 17.7 Å². The molecule has 2 saturated heterocycles. The largest absolute Gasteiger partial charge is 1.00 e. The molecule has 12 nitrogen and oxygen atoms in total. The number of fused-ring (bicyclic) bond motifs is 1. The third kappa shape index (κ3) is 4.73. The van der Waals surface area contributed by atoms with Crippen LogP contribution in [0.5, 0.6) is 5.75 Å². The maximum absolute atomic E-state index is 12.2. The number of nitrogens with one attached hydrogen (secondary N) is 2. The van der Waals surface area contributed by atoms with Crippen molar-refractivity contribution in [3.63, 3.8) is 0 Å². The predicted octanol–water partition coefficient (Wildman–Crippen LogP) is -5.29. The Bertz CT molecular complexity index is 1070. The molecule has 2 aliphatic rings. The van der Waals surface area contributed by atoms with Gasteiger partial charge < -0.3 is 44.4 Å². The summed E-state index contributed by atoms with van der Waals surface area (Å²) in [5.41, 5.74) is 1.45. The van der Waals surface area contributed by atoms with Gasteiger partial charge in [-0.1, -0.05) is 6.92 Å². The van der Waals surface area contributed by atoms with Gasteiger partial charge in [0, 0.05) is 36.1 Å². The number of hydrogen-bond acceptors (Lipinski definition) is 10. The van der Waals surface area contributed by atoms with Crippen molar-refractivity contribution in [3.8, 4) is 5.75 Å². The number of aliphatic hydroxyl groups is 3. The number of hydrogen-bond donors (Lipinski definition) is 5. The summed E-state index contributed by atoms with van der Waals surface area (Å²) in [5, 5.41) is 44.2. The van der Waals surface area contributed by atoms with E-state index in [-0.39, 0.29) is 53.2 Å². The Morgan fingerprint density at radius 3 is 2.61 bits per heavy atom. The number of aliphatic carboxylic acids is 1. The fourth-order valence-electron chi connectivity index (χ4n) is 3.83. The van der Waals surface area contributed by atoms with E-state index in [0.717, 1.165) is 10.9 Å². The van der Waals surface area contributed by atoms with Gasteiger partial charge in [-0.3, -0.25) is 10.1 Å². The van der Waals surface area contributed by atoms with E-state index in [9.17, 15) is 30.0 Å². The van der Waals surface area contributed by atoms with Gasteiger partial charge in [0.1, 0.15) is 30.2 Å². The van der Waals surface area contributed by atoms with Crippen LogP contribution in [0.1, 0.15) is 18.4 Å². The molecule has 172 valence electrons. The predicted molar refractivity (Wildman–Crippen MR) is 105 cm³/mol. The van der Waals surface area contributed by atoms with E-state index in [1.165, 1.54) is 7.05 Å². The Morgan fingerprint density at radius 2 is 1.97 bits per heavy atom. The first-order valence-corrected chi connectivity index (χ1v) is 9.83. The van der Waals surface area contributed by atoms with E-state index in [4.69, 9.17) is 14.2 Å². The number of carboxylic acids is 1. The van der Waals surface area contributed by atoms with Crippen molar-refractivity contribution < 1.29 is 73.8 Å². The van der Waals surface area contributed by atoms with Crippen molar-refractivity contribution in [2.75, 3.05) is 7.05 Å². The van der Waals surface area contributed by atoms with Gasteiger partial charge >= 0.3 is 29.6 Å². The molecule has 4 rings (SSSR count). The molecule has 2 fully saturated rings. The third-order valence-electron chi connectivity index (χ3n) is 5.61. The topological polar surface area (TPSA) is 186 Å². The number of aliphatic hydroxyl groups excluding tert-OH is 3. The fourth-order valence-corrected chi connectivity index (χ4v) is 3.83. The van der Waals surface area contributed by atoms with Crippen LogP contribution in [0, 0.1) is 0 Å². The number of carboxylic acid groups (broad SMARTS) is 1. The number of H-pyrrole nitrogens is 1. The summed E-state index contributed by atoms with van der Waals surface area (Å²) in [6.45, 7) is 1.84. The molecule has 13 heteroatoms. The second-order valence-electron chi connectivity index (χ2n) is 7.63. The van der Waals surface area contributed by atoms with Crippen LogP contribution >= 0.6 is 0 Å². The standard InChI is InChI=1S/C20H23N3O9.Na/c1-7(15-17(27)23-20(21-2)32-15)10-6-22-11-5-8(3-4-9(10)11)30-19-14(26)12(24)13(25)16(31-19)18(28)29;/h3-7,12-16,19,22,24-26H,1-2H3,(H,28,29)(H,21,23,27);/q;+1/p-1/t7-,12+,13+,14-,15+,16+,19-;/m1./s1. The van der Waals surface area contributed by atoms with E-state index >= 15 is 0 Å². The van der Waals surface area contributed by atoms with Crippen molar-refractivity contribution in [3.05, 3.63) is 30.0 Å². The number of rotatable bonds is 5. The molecule has 7 atom stereocenters. The van der Waals surface area contributed by atoms with Gasteiger partial charge in [0.25, 0.3) is 11.9 Å². The fraction of sp³-hybridized carbons (Fsp3) is 0.450. The Balaban J connectivity index is 0.00000306. The van der Waals surface area contributed by atoms with Crippen LogP contribution in [-0.4, -0.2) is 82.1 Å². The van der Waals surface area contributed by atoms with Crippen LogP contribution in [-0.2, 0) is 19.1 Å². The third-order valence-corrected chi connectivity index (χ3v) is 5.61. The van der Waals surface area contributed by atoms with Gasteiger partial charge in [-0.2, -0.15) is 0 Å². The molecule has 1 aromatic carbocycles. The van der Waals surface area contributed by atoms with Gasteiger partial charge in [0.05, 0.1) is 5.97 Å². The second kappa shape index (κ2) is 9.97. The second-order valence-corrected chi connectivity index (χ2v) is 7.63. The summed E-state index contributed by atoms with van der Waals surface area (Å²) < 4.78 is 16.2. The zero-order chi connectivity index (χ0) is 23.2. The maximum atomic E-state index is 12.2. The summed E-state index contributed by atoms with van der Waals surface area (Å²) >= 11 is 0. The summed E-state index contributed by atoms with van der Waals surface area (Å²) in [6, 6.07) is 5.02. The number of amidine groups is 1. The molecule has 0 bridgehead atoms. The molecule has 0 saturated carbocycles. The van der Waals surface area contributed by atoms with E-state index in [2.05, 4.69) is 15.3 Å². The number of aromatic nitrogens is 1. The summed E-state index contributed by atoms with van der Waals surface area (Å²) in [7, 11) is 1.51. The van der Waals surface area contributed by atoms with Crippen LogP contribution in [0.15, 0.2) is 29.4 Å². The summed E-state index contributed by atoms with van der Waals surface area (Å²) in [5.74, 6) is -2.14. The molecule has 0 radical (unpaired) electrons. The van der Waals surface area contributed by atoms with Gasteiger partial charge in [-0.15, -0.1) is 0 Å². The number of amides is 1. The molecular weight excluding hydrogens is 449 g/mol. The van der Waals surface area contributed by atoms with Crippen LogP contribution in [0.4, 0.5) is 0 Å². The average Bonchev–Trinajstić information content (AvgIpc) is 3.36. The molecule has 0 aliphatic carbocycles. The molecule has 33 heavy (non-hydrogen) atoms. The molecule has 2 aromatic rings. The Hall–Kier alpha value is -2.19. The molecular formula is C20H22N3NaO9. The average molecular weight is 471 g/mol. The first-order chi connectivity index (χ1) is 15.2. The van der Waals surface area contributed by atoms with Crippen molar-refractivity contribution in [1.29, 1.82) is 0 Å². The SMILES string of the molecule is CN=C1NC(=O)[C@H]([C@H](C)c2c[nH]c3cc(O[C@@H]4O[C@H](C(=O)[O-])[C@@H](O)[C@H](O)[C@H]4O)ccc23)O1.[Na+]. The minimum atomic E-state index is -1.87. The molecule has 1 amide bonds. The number of carbonyl (C=O) groups is 2. The Labute approximate surface area is 209 Å². The Morgan fingerprint density at radius 1 is 1.24 bits per heavy atom. The van der Waals surface area contributed by atoms with Crippen molar-refractivity contribution >= 4 is 28.8 Å².